The molecule has 0 radical (unpaired) electrons. The monoisotopic (exact) mass is 432 g/mol. The van der Waals surface area contributed by atoms with Crippen molar-refractivity contribution >= 4 is 0 Å². The van der Waals surface area contributed by atoms with Crippen molar-refractivity contribution in [3.63, 3.8) is 0 Å². The Kier molecular flexibility index (Phi) is 7.46. The van der Waals surface area contributed by atoms with Crippen molar-refractivity contribution in [2.75, 3.05) is 19.8 Å². The zero-order valence-electron chi connectivity index (χ0n) is 18.9. The third-order valence-corrected chi connectivity index (χ3v) is 6.15. The fourth-order valence-corrected chi connectivity index (χ4v) is 4.73. The van der Waals surface area contributed by atoms with Gasteiger partial charge in [-0.15, -0.1) is 0 Å². The molecule has 32 heavy (non-hydrogen) atoms. The van der Waals surface area contributed by atoms with Gasteiger partial charge in [-0.05, 0) is 79.1 Å². The van der Waals surface area contributed by atoms with Crippen LogP contribution in [-0.2, 0) is 15.9 Å². The van der Waals surface area contributed by atoms with Crippen molar-refractivity contribution < 1.29 is 19.3 Å². The van der Waals surface area contributed by atoms with Crippen LogP contribution < -0.4 is 4.74 Å². The minimum atomic E-state index is -0.356. The molecule has 4 heteroatoms. The second-order valence-electron chi connectivity index (χ2n) is 8.14. The van der Waals surface area contributed by atoms with Gasteiger partial charge in [-0.1, -0.05) is 48.5 Å². The molecule has 0 spiro atoms. The van der Waals surface area contributed by atoms with Gasteiger partial charge in [0.15, 0.2) is 6.29 Å². The summed E-state index contributed by atoms with van der Waals surface area (Å²) in [4.78, 5) is 0. The first-order valence-corrected chi connectivity index (χ1v) is 11.5. The molecular formula is C28H32O4. The standard InChI is InChI=1S/C28H32O4/c1-3-30-27(31-4-2)19-32-24-14-10-21(11-15-24)28-25(20-8-6-5-7-9-20)16-12-22-18-23(29)13-17-26(22)28/h5-11,13-15,17-18,25,27-29H,3-4,12,16,19H2,1-2H3/t25-,28+/m1/s1. The first-order chi connectivity index (χ1) is 15.7. The highest BCUT2D eigenvalue weighted by Crippen LogP contribution is 2.47. The molecule has 3 aromatic carbocycles. The molecule has 0 aliphatic heterocycles. The molecule has 0 aromatic heterocycles. The Labute approximate surface area is 190 Å². The number of aromatic hydroxyl groups is 1. The average Bonchev–Trinajstić information content (AvgIpc) is 2.83. The molecule has 0 fully saturated rings. The second-order valence-corrected chi connectivity index (χ2v) is 8.14. The smallest absolute Gasteiger partial charge is 0.191 e. The lowest BCUT2D eigenvalue weighted by atomic mass is 9.69. The van der Waals surface area contributed by atoms with Crippen LogP contribution in [0.2, 0.25) is 0 Å². The number of rotatable bonds is 9. The highest BCUT2D eigenvalue weighted by atomic mass is 16.7. The summed E-state index contributed by atoms with van der Waals surface area (Å²) in [5.74, 6) is 1.76. The largest absolute Gasteiger partial charge is 0.508 e. The zero-order chi connectivity index (χ0) is 22.3. The van der Waals surface area contributed by atoms with Crippen LogP contribution in [0.5, 0.6) is 11.5 Å². The van der Waals surface area contributed by atoms with Gasteiger partial charge in [0.1, 0.15) is 18.1 Å². The lowest BCUT2D eigenvalue weighted by Gasteiger charge is -2.35. The molecule has 3 aromatic rings. The molecule has 1 N–H and O–H groups in total. The van der Waals surface area contributed by atoms with E-state index in [-0.39, 0.29) is 12.2 Å². The Morgan fingerprint density at radius 1 is 0.875 bits per heavy atom. The Hall–Kier alpha value is -2.82. The lowest BCUT2D eigenvalue weighted by Crippen LogP contribution is -2.25. The van der Waals surface area contributed by atoms with Gasteiger partial charge in [0.25, 0.3) is 0 Å². The fraction of sp³-hybridized carbons (Fsp3) is 0.357. The molecule has 1 aliphatic rings. The van der Waals surface area contributed by atoms with Gasteiger partial charge < -0.3 is 19.3 Å². The van der Waals surface area contributed by atoms with Crippen molar-refractivity contribution in [2.45, 2.75) is 44.8 Å². The van der Waals surface area contributed by atoms with Crippen LogP contribution in [0, 0.1) is 0 Å². The molecule has 0 amide bonds. The average molecular weight is 433 g/mol. The number of aryl methyl sites for hydroxylation is 1. The molecule has 0 bridgehead atoms. The van der Waals surface area contributed by atoms with Gasteiger partial charge in [0.2, 0.25) is 0 Å². The number of hydrogen-bond donors (Lipinski definition) is 1. The van der Waals surface area contributed by atoms with E-state index in [9.17, 15) is 5.11 Å². The van der Waals surface area contributed by atoms with Crippen LogP contribution in [0.15, 0.2) is 72.8 Å². The third-order valence-electron chi connectivity index (χ3n) is 6.15. The number of fused-ring (bicyclic) bond motifs is 1. The van der Waals surface area contributed by atoms with E-state index in [0.29, 0.717) is 31.5 Å². The van der Waals surface area contributed by atoms with E-state index in [0.717, 1.165) is 18.6 Å². The Morgan fingerprint density at radius 2 is 1.59 bits per heavy atom. The van der Waals surface area contributed by atoms with E-state index in [1.54, 1.807) is 6.07 Å². The number of hydrogen-bond acceptors (Lipinski definition) is 4. The van der Waals surface area contributed by atoms with E-state index in [2.05, 4.69) is 48.5 Å². The van der Waals surface area contributed by atoms with Crippen molar-refractivity contribution in [1.29, 1.82) is 0 Å². The van der Waals surface area contributed by atoms with Gasteiger partial charge in [-0.3, -0.25) is 0 Å². The van der Waals surface area contributed by atoms with Crippen LogP contribution in [0.25, 0.3) is 0 Å². The van der Waals surface area contributed by atoms with Crippen molar-refractivity contribution in [3.05, 3.63) is 95.1 Å². The van der Waals surface area contributed by atoms with E-state index in [4.69, 9.17) is 14.2 Å². The molecule has 0 heterocycles. The normalized spacial score (nSPS) is 17.8. The minimum absolute atomic E-state index is 0.232. The minimum Gasteiger partial charge on any atom is -0.508 e. The summed E-state index contributed by atoms with van der Waals surface area (Å²) in [6.07, 6.45) is 1.66. The van der Waals surface area contributed by atoms with E-state index in [1.807, 2.05) is 32.0 Å². The molecule has 4 rings (SSSR count). The highest BCUT2D eigenvalue weighted by Gasteiger charge is 2.32. The van der Waals surface area contributed by atoms with Crippen LogP contribution >= 0.6 is 0 Å². The summed E-state index contributed by atoms with van der Waals surface area (Å²) < 4.78 is 17.1. The predicted octanol–water partition coefficient (Wildman–Crippen LogP) is 6.03. The highest BCUT2D eigenvalue weighted by molar-refractivity contribution is 5.48. The third kappa shape index (κ3) is 5.14. The Balaban J connectivity index is 1.59. The number of phenolic OH excluding ortho intramolecular Hbond substituents is 1. The predicted molar refractivity (Wildman–Crippen MR) is 126 cm³/mol. The SMILES string of the molecule is CCOC(COc1ccc([C@@H]2c3ccc(O)cc3CC[C@@H]2c2ccccc2)cc1)OCC. The molecule has 2 atom stereocenters. The molecule has 0 saturated carbocycles. The first kappa shape index (κ1) is 22.4. The fourth-order valence-electron chi connectivity index (χ4n) is 4.73. The number of benzene rings is 3. The molecule has 1 aliphatic carbocycles. The number of phenols is 1. The molecule has 4 nitrogen and oxygen atoms in total. The first-order valence-electron chi connectivity index (χ1n) is 11.5. The van der Waals surface area contributed by atoms with E-state index < -0.39 is 0 Å². The summed E-state index contributed by atoms with van der Waals surface area (Å²) in [5, 5.41) is 10.0. The summed E-state index contributed by atoms with van der Waals surface area (Å²) in [7, 11) is 0. The van der Waals surface area contributed by atoms with Crippen molar-refractivity contribution in [2.24, 2.45) is 0 Å². The van der Waals surface area contributed by atoms with Crippen LogP contribution in [0.3, 0.4) is 0 Å². The van der Waals surface area contributed by atoms with Crippen LogP contribution in [-0.4, -0.2) is 31.2 Å². The van der Waals surface area contributed by atoms with Gasteiger partial charge in [-0.25, -0.2) is 0 Å². The molecule has 0 unspecified atom stereocenters. The maximum atomic E-state index is 10.0. The van der Waals surface area contributed by atoms with Crippen LogP contribution in [0.1, 0.15) is 54.4 Å². The van der Waals surface area contributed by atoms with Crippen LogP contribution in [0.4, 0.5) is 0 Å². The quantitative estimate of drug-likeness (QED) is 0.419. The Bertz CT molecular complexity index is 978. The maximum Gasteiger partial charge on any atom is 0.191 e. The molecule has 0 saturated heterocycles. The maximum absolute atomic E-state index is 10.0. The van der Waals surface area contributed by atoms with Crippen molar-refractivity contribution in [1.82, 2.24) is 0 Å². The summed E-state index contributed by atoms with van der Waals surface area (Å²) >= 11 is 0. The summed E-state index contributed by atoms with van der Waals surface area (Å²) in [6, 6.07) is 24.9. The second kappa shape index (κ2) is 10.7. The topological polar surface area (TPSA) is 47.9 Å². The molecular weight excluding hydrogens is 400 g/mol. The molecule has 168 valence electrons. The Morgan fingerprint density at radius 3 is 2.28 bits per heavy atom. The summed E-state index contributed by atoms with van der Waals surface area (Å²) in [6.45, 7) is 5.44. The van der Waals surface area contributed by atoms with E-state index >= 15 is 0 Å². The number of ether oxygens (including phenoxy) is 3. The summed E-state index contributed by atoms with van der Waals surface area (Å²) in [5.41, 5.74) is 5.14. The van der Waals surface area contributed by atoms with Gasteiger partial charge >= 0.3 is 0 Å². The lowest BCUT2D eigenvalue weighted by molar-refractivity contribution is -0.152. The van der Waals surface area contributed by atoms with Gasteiger partial charge in [0, 0.05) is 19.1 Å². The van der Waals surface area contributed by atoms with Crippen molar-refractivity contribution in [3.8, 4) is 11.5 Å². The van der Waals surface area contributed by atoms with Gasteiger partial charge in [0.05, 0.1) is 0 Å². The zero-order valence-corrected chi connectivity index (χ0v) is 18.9. The van der Waals surface area contributed by atoms with Gasteiger partial charge in [-0.2, -0.15) is 0 Å². The van der Waals surface area contributed by atoms with E-state index in [1.165, 1.54) is 22.3 Å².